The molecule has 1 aromatic carbocycles. The lowest BCUT2D eigenvalue weighted by Gasteiger charge is -2.11. The summed E-state index contributed by atoms with van der Waals surface area (Å²) in [6.07, 6.45) is 2.50. The van der Waals surface area contributed by atoms with Crippen molar-refractivity contribution in [2.45, 2.75) is 33.4 Å². The first-order valence-corrected chi connectivity index (χ1v) is 7.66. The molecular weight excluding hydrogens is 367 g/mol. The van der Waals surface area contributed by atoms with Crippen molar-refractivity contribution in [1.29, 1.82) is 0 Å². The van der Waals surface area contributed by atoms with E-state index >= 15 is 0 Å². The maximum absolute atomic E-state index is 12.4. The van der Waals surface area contributed by atoms with Gasteiger partial charge >= 0.3 is 5.69 Å². The van der Waals surface area contributed by atoms with Crippen LogP contribution in [0, 0.1) is 10.5 Å². The van der Waals surface area contributed by atoms with Gasteiger partial charge in [-0.05, 0) is 47.1 Å². The molecule has 0 aliphatic carbocycles. The van der Waals surface area contributed by atoms with Crippen LogP contribution >= 0.6 is 22.6 Å². The van der Waals surface area contributed by atoms with Gasteiger partial charge in [-0.1, -0.05) is 31.2 Å². The molecule has 0 saturated carbocycles. The van der Waals surface area contributed by atoms with E-state index in [1.54, 1.807) is 10.8 Å². The van der Waals surface area contributed by atoms with Gasteiger partial charge in [0.05, 0.1) is 10.1 Å². The summed E-state index contributed by atoms with van der Waals surface area (Å²) in [7, 11) is 0. The molecular formula is C15H17IN2O2. The average Bonchev–Trinajstić information content (AvgIpc) is 2.43. The fraction of sp³-hybridized carbons (Fsp3) is 0.333. The van der Waals surface area contributed by atoms with Crippen LogP contribution in [0.25, 0.3) is 0 Å². The topological polar surface area (TPSA) is 44.0 Å². The summed E-state index contributed by atoms with van der Waals surface area (Å²) < 4.78 is 3.51. The summed E-state index contributed by atoms with van der Waals surface area (Å²) in [6.45, 7) is 4.95. The van der Waals surface area contributed by atoms with Crippen LogP contribution in [0.4, 0.5) is 0 Å². The highest BCUT2D eigenvalue weighted by molar-refractivity contribution is 14.1. The highest BCUT2D eigenvalue weighted by Crippen LogP contribution is 2.07. The van der Waals surface area contributed by atoms with Crippen LogP contribution in [0.1, 0.15) is 24.5 Å². The van der Waals surface area contributed by atoms with Crippen molar-refractivity contribution in [3.8, 4) is 0 Å². The van der Waals surface area contributed by atoms with Crippen LogP contribution in [-0.4, -0.2) is 9.13 Å². The maximum Gasteiger partial charge on any atom is 0.331 e. The maximum atomic E-state index is 12.4. The molecule has 1 aromatic heterocycles. The molecule has 0 radical (unpaired) electrons. The van der Waals surface area contributed by atoms with Crippen LogP contribution in [0.5, 0.6) is 0 Å². The molecule has 0 saturated heterocycles. The Bertz CT molecular complexity index is 731. The molecule has 20 heavy (non-hydrogen) atoms. The van der Waals surface area contributed by atoms with Crippen molar-refractivity contribution in [3.05, 3.63) is 66.0 Å². The number of hydrogen-bond acceptors (Lipinski definition) is 2. The zero-order valence-corrected chi connectivity index (χ0v) is 13.8. The largest absolute Gasteiger partial charge is 0.331 e. The lowest BCUT2D eigenvalue weighted by atomic mass is 10.1. The highest BCUT2D eigenvalue weighted by atomic mass is 127. The first-order chi connectivity index (χ1) is 9.54. The van der Waals surface area contributed by atoms with E-state index in [2.05, 4.69) is 0 Å². The first kappa shape index (κ1) is 15.0. The summed E-state index contributed by atoms with van der Waals surface area (Å²) in [4.78, 5) is 24.6. The minimum Gasteiger partial charge on any atom is -0.299 e. The summed E-state index contributed by atoms with van der Waals surface area (Å²) in [5, 5.41) is 0. The Morgan fingerprint density at radius 1 is 1.20 bits per heavy atom. The van der Waals surface area contributed by atoms with Crippen molar-refractivity contribution >= 4 is 22.6 Å². The molecule has 0 atom stereocenters. The molecule has 5 heteroatoms. The van der Waals surface area contributed by atoms with Gasteiger partial charge in [-0.3, -0.25) is 13.9 Å². The highest BCUT2D eigenvalue weighted by Gasteiger charge is 2.10. The van der Waals surface area contributed by atoms with Crippen LogP contribution in [0.15, 0.2) is 40.1 Å². The first-order valence-electron chi connectivity index (χ1n) is 6.59. The smallest absolute Gasteiger partial charge is 0.299 e. The van der Waals surface area contributed by atoms with Crippen LogP contribution in [-0.2, 0) is 13.1 Å². The minimum atomic E-state index is -0.236. The van der Waals surface area contributed by atoms with Gasteiger partial charge in [0.1, 0.15) is 0 Å². The average molecular weight is 384 g/mol. The van der Waals surface area contributed by atoms with E-state index in [1.165, 1.54) is 4.57 Å². The van der Waals surface area contributed by atoms with E-state index < -0.39 is 0 Å². The molecule has 0 fully saturated rings. The molecule has 0 unspecified atom stereocenters. The third-order valence-corrected chi connectivity index (χ3v) is 3.99. The van der Waals surface area contributed by atoms with Gasteiger partial charge in [0, 0.05) is 12.7 Å². The number of rotatable bonds is 4. The van der Waals surface area contributed by atoms with E-state index in [0.717, 1.165) is 17.5 Å². The molecule has 0 amide bonds. The van der Waals surface area contributed by atoms with Crippen molar-refractivity contribution < 1.29 is 0 Å². The summed E-state index contributed by atoms with van der Waals surface area (Å²) >= 11 is 1.99. The summed E-state index contributed by atoms with van der Waals surface area (Å²) in [5.41, 5.74) is 1.63. The van der Waals surface area contributed by atoms with E-state index in [4.69, 9.17) is 0 Å². The van der Waals surface area contributed by atoms with Crippen molar-refractivity contribution in [2.24, 2.45) is 0 Å². The van der Waals surface area contributed by atoms with Crippen LogP contribution in [0.2, 0.25) is 0 Å². The van der Waals surface area contributed by atoms with Gasteiger partial charge in [-0.25, -0.2) is 4.79 Å². The predicted octanol–water partition coefficient (Wildman–Crippen LogP) is 2.38. The second kappa shape index (κ2) is 6.39. The number of halogens is 1. The molecule has 0 spiro atoms. The molecule has 0 aliphatic heterocycles. The van der Waals surface area contributed by atoms with Gasteiger partial charge in [-0.15, -0.1) is 0 Å². The Kier molecular flexibility index (Phi) is 4.80. The van der Waals surface area contributed by atoms with Gasteiger partial charge in [0.25, 0.3) is 5.56 Å². The third kappa shape index (κ3) is 3.03. The van der Waals surface area contributed by atoms with E-state index in [0.29, 0.717) is 16.7 Å². The fourth-order valence-electron chi connectivity index (χ4n) is 2.12. The molecule has 0 bridgehead atoms. The van der Waals surface area contributed by atoms with E-state index in [9.17, 15) is 9.59 Å². The Balaban J connectivity index is 2.54. The molecule has 106 valence electrons. The Hall–Kier alpha value is -1.37. The molecule has 4 nitrogen and oxygen atoms in total. The Morgan fingerprint density at radius 2 is 1.90 bits per heavy atom. The zero-order valence-electron chi connectivity index (χ0n) is 11.6. The van der Waals surface area contributed by atoms with Crippen molar-refractivity contribution in [3.63, 3.8) is 0 Å². The van der Waals surface area contributed by atoms with Gasteiger partial charge in [-0.2, -0.15) is 0 Å². The van der Waals surface area contributed by atoms with E-state index in [-0.39, 0.29) is 11.2 Å². The van der Waals surface area contributed by atoms with Crippen LogP contribution in [0.3, 0.4) is 0 Å². The normalized spacial score (nSPS) is 10.8. The fourth-order valence-corrected chi connectivity index (χ4v) is 2.74. The molecule has 0 aliphatic rings. The number of aromatic nitrogens is 2. The molecule has 2 aromatic rings. The summed E-state index contributed by atoms with van der Waals surface area (Å²) in [5.74, 6) is 0. The SMILES string of the molecule is CCCn1cc(I)c(=O)n(Cc2ccccc2C)c1=O. The quantitative estimate of drug-likeness (QED) is 0.760. The molecule has 2 rings (SSSR count). The van der Waals surface area contributed by atoms with Crippen molar-refractivity contribution in [1.82, 2.24) is 9.13 Å². The Labute approximate surface area is 131 Å². The van der Waals surface area contributed by atoms with Gasteiger partial charge < -0.3 is 0 Å². The van der Waals surface area contributed by atoms with Crippen LogP contribution < -0.4 is 11.2 Å². The molecule has 0 N–H and O–H groups in total. The zero-order chi connectivity index (χ0) is 14.7. The minimum absolute atomic E-state index is 0.216. The standard InChI is InChI=1S/C15H17IN2O2/c1-3-8-17-10-13(16)14(19)18(15(17)20)9-12-7-5-4-6-11(12)2/h4-7,10H,3,8-9H2,1-2H3. The third-order valence-electron chi connectivity index (χ3n) is 3.25. The van der Waals surface area contributed by atoms with E-state index in [1.807, 2.05) is 60.7 Å². The number of hydrogen-bond donors (Lipinski definition) is 0. The predicted molar refractivity (Wildman–Crippen MR) is 88.3 cm³/mol. The number of nitrogens with zero attached hydrogens (tertiary/aromatic N) is 2. The van der Waals surface area contributed by atoms with Gasteiger partial charge in [0.15, 0.2) is 0 Å². The monoisotopic (exact) mass is 384 g/mol. The lowest BCUT2D eigenvalue weighted by Crippen LogP contribution is -2.41. The van der Waals surface area contributed by atoms with Crippen molar-refractivity contribution in [2.75, 3.05) is 0 Å². The lowest BCUT2D eigenvalue weighted by molar-refractivity contribution is 0.566. The number of aryl methyl sites for hydroxylation is 2. The second-order valence-corrected chi connectivity index (χ2v) is 5.93. The summed E-state index contributed by atoms with van der Waals surface area (Å²) in [6, 6.07) is 7.81. The van der Waals surface area contributed by atoms with Gasteiger partial charge in [0.2, 0.25) is 0 Å². The second-order valence-electron chi connectivity index (χ2n) is 4.77. The Morgan fingerprint density at radius 3 is 2.55 bits per heavy atom. The molecule has 1 heterocycles. The number of benzene rings is 1.